The Bertz CT molecular complexity index is 929. The predicted molar refractivity (Wildman–Crippen MR) is 112 cm³/mol. The van der Waals surface area contributed by atoms with Gasteiger partial charge in [-0.05, 0) is 50.8 Å². The number of nitrogens with zero attached hydrogens (tertiary/aromatic N) is 5. The average Bonchev–Trinajstić information content (AvgIpc) is 3.51. The number of hydrogen-bond acceptors (Lipinski definition) is 5. The standard InChI is InChI=1S/C21H27N5O2S/c1-14-4-5-15(2)18(12-14)26-16(3)22-23-21(26)29-13-19(27)24-8-10-25(11-9-24)20(28)17-6-7-17/h4-5,12,17H,6-11,13H2,1-3H3. The smallest absolute Gasteiger partial charge is 0.233 e. The molecule has 1 aliphatic heterocycles. The molecule has 4 rings (SSSR count). The Morgan fingerprint density at radius 3 is 2.41 bits per heavy atom. The molecule has 2 heterocycles. The molecule has 2 fully saturated rings. The first-order valence-corrected chi connectivity index (χ1v) is 11.1. The number of amides is 2. The molecule has 0 bridgehead atoms. The van der Waals surface area contributed by atoms with E-state index in [-0.39, 0.29) is 17.7 Å². The van der Waals surface area contributed by atoms with Crippen molar-refractivity contribution in [3.05, 3.63) is 35.2 Å². The molecule has 0 unspecified atom stereocenters. The van der Waals surface area contributed by atoms with E-state index in [2.05, 4.69) is 42.2 Å². The van der Waals surface area contributed by atoms with Crippen LogP contribution in [0.2, 0.25) is 0 Å². The van der Waals surface area contributed by atoms with Crippen LogP contribution in [-0.2, 0) is 9.59 Å². The Morgan fingerprint density at radius 1 is 1.03 bits per heavy atom. The minimum atomic E-state index is 0.0849. The maximum Gasteiger partial charge on any atom is 0.233 e. The van der Waals surface area contributed by atoms with E-state index in [1.54, 1.807) is 0 Å². The summed E-state index contributed by atoms with van der Waals surface area (Å²) in [4.78, 5) is 28.7. The fourth-order valence-corrected chi connectivity index (χ4v) is 4.55. The summed E-state index contributed by atoms with van der Waals surface area (Å²) < 4.78 is 2.02. The zero-order valence-corrected chi connectivity index (χ0v) is 18.0. The molecule has 0 atom stereocenters. The van der Waals surface area contributed by atoms with E-state index >= 15 is 0 Å². The summed E-state index contributed by atoms with van der Waals surface area (Å²) in [6, 6.07) is 6.29. The van der Waals surface area contributed by atoms with Gasteiger partial charge < -0.3 is 9.80 Å². The Morgan fingerprint density at radius 2 is 1.72 bits per heavy atom. The Hall–Kier alpha value is -2.35. The molecule has 0 spiro atoms. The van der Waals surface area contributed by atoms with E-state index in [4.69, 9.17) is 0 Å². The van der Waals surface area contributed by atoms with Gasteiger partial charge in [0, 0.05) is 32.1 Å². The van der Waals surface area contributed by atoms with Crippen molar-refractivity contribution in [3.8, 4) is 5.69 Å². The lowest BCUT2D eigenvalue weighted by molar-refractivity contribution is -0.139. The summed E-state index contributed by atoms with van der Waals surface area (Å²) >= 11 is 1.42. The number of carbonyl (C=O) groups is 2. The van der Waals surface area contributed by atoms with E-state index in [0.29, 0.717) is 31.9 Å². The molecule has 0 N–H and O–H groups in total. The van der Waals surface area contributed by atoms with Gasteiger partial charge in [0.2, 0.25) is 11.8 Å². The summed E-state index contributed by atoms with van der Waals surface area (Å²) in [5.74, 6) is 1.72. The largest absolute Gasteiger partial charge is 0.339 e. The zero-order chi connectivity index (χ0) is 20.5. The molecule has 1 saturated carbocycles. The average molecular weight is 414 g/mol. The van der Waals surface area contributed by atoms with E-state index in [9.17, 15) is 9.59 Å². The molecule has 1 aromatic heterocycles. The first-order valence-electron chi connectivity index (χ1n) is 10.1. The lowest BCUT2D eigenvalue weighted by Gasteiger charge is -2.34. The van der Waals surface area contributed by atoms with Gasteiger partial charge in [0.15, 0.2) is 5.16 Å². The second-order valence-corrected chi connectivity index (χ2v) is 8.87. The summed E-state index contributed by atoms with van der Waals surface area (Å²) in [7, 11) is 0. The van der Waals surface area contributed by atoms with Crippen LogP contribution in [0.1, 0.15) is 29.8 Å². The maximum absolute atomic E-state index is 12.7. The number of hydrogen-bond donors (Lipinski definition) is 0. The van der Waals surface area contributed by atoms with Gasteiger partial charge in [0.25, 0.3) is 0 Å². The normalized spacial score (nSPS) is 16.9. The van der Waals surface area contributed by atoms with E-state index in [1.165, 1.54) is 17.3 Å². The highest BCUT2D eigenvalue weighted by Gasteiger charge is 2.35. The molecule has 7 nitrogen and oxygen atoms in total. The first-order chi connectivity index (χ1) is 13.9. The minimum Gasteiger partial charge on any atom is -0.339 e. The molecule has 8 heteroatoms. The quantitative estimate of drug-likeness (QED) is 0.704. The Balaban J connectivity index is 1.38. The lowest BCUT2D eigenvalue weighted by Crippen LogP contribution is -2.51. The molecule has 2 aliphatic rings. The fraction of sp³-hybridized carbons (Fsp3) is 0.524. The van der Waals surface area contributed by atoms with Crippen molar-refractivity contribution >= 4 is 23.6 Å². The van der Waals surface area contributed by atoms with Crippen molar-refractivity contribution in [2.24, 2.45) is 5.92 Å². The van der Waals surface area contributed by atoms with Crippen molar-refractivity contribution in [2.75, 3.05) is 31.9 Å². The van der Waals surface area contributed by atoms with Crippen molar-refractivity contribution < 1.29 is 9.59 Å². The number of piperazine rings is 1. The van der Waals surface area contributed by atoms with Crippen molar-refractivity contribution in [3.63, 3.8) is 0 Å². The van der Waals surface area contributed by atoms with Crippen LogP contribution in [0.3, 0.4) is 0 Å². The Labute approximate surface area is 175 Å². The first kappa shape index (κ1) is 19.9. The molecule has 1 aliphatic carbocycles. The van der Waals surface area contributed by atoms with Gasteiger partial charge in [-0.3, -0.25) is 14.2 Å². The van der Waals surface area contributed by atoms with Crippen molar-refractivity contribution in [2.45, 2.75) is 38.8 Å². The summed E-state index contributed by atoms with van der Waals surface area (Å²) in [6.45, 7) is 8.56. The number of aryl methyl sites for hydroxylation is 3. The number of thioether (sulfide) groups is 1. The molecular formula is C21H27N5O2S. The summed E-state index contributed by atoms with van der Waals surface area (Å²) in [5.41, 5.74) is 3.36. The molecule has 2 aromatic rings. The summed E-state index contributed by atoms with van der Waals surface area (Å²) in [5, 5.41) is 9.25. The van der Waals surface area contributed by atoms with Gasteiger partial charge >= 0.3 is 0 Å². The second-order valence-electron chi connectivity index (χ2n) is 7.92. The molecule has 1 saturated heterocycles. The topological polar surface area (TPSA) is 71.3 Å². The maximum atomic E-state index is 12.7. The highest BCUT2D eigenvalue weighted by Crippen LogP contribution is 2.31. The van der Waals surface area contributed by atoms with Gasteiger partial charge in [-0.2, -0.15) is 0 Å². The van der Waals surface area contributed by atoms with E-state index in [1.807, 2.05) is 21.3 Å². The van der Waals surface area contributed by atoms with Crippen LogP contribution < -0.4 is 0 Å². The summed E-state index contributed by atoms with van der Waals surface area (Å²) in [6.07, 6.45) is 2.05. The fourth-order valence-electron chi connectivity index (χ4n) is 3.66. The van der Waals surface area contributed by atoms with Crippen LogP contribution in [0.25, 0.3) is 5.69 Å². The number of benzene rings is 1. The van der Waals surface area contributed by atoms with Crippen LogP contribution in [0.5, 0.6) is 0 Å². The van der Waals surface area contributed by atoms with Gasteiger partial charge in [0.1, 0.15) is 5.82 Å². The molecule has 154 valence electrons. The third-order valence-corrected chi connectivity index (χ3v) is 6.51. The molecule has 1 aromatic carbocycles. The van der Waals surface area contributed by atoms with Crippen LogP contribution >= 0.6 is 11.8 Å². The SMILES string of the molecule is Cc1ccc(C)c(-n2c(C)nnc2SCC(=O)N2CCN(C(=O)C3CC3)CC2)c1. The van der Waals surface area contributed by atoms with E-state index in [0.717, 1.165) is 35.1 Å². The van der Waals surface area contributed by atoms with Gasteiger partial charge in [0.05, 0.1) is 11.4 Å². The highest BCUT2D eigenvalue weighted by molar-refractivity contribution is 7.99. The van der Waals surface area contributed by atoms with Crippen LogP contribution in [-0.4, -0.2) is 68.3 Å². The minimum absolute atomic E-state index is 0.0849. The Kier molecular flexibility index (Phi) is 5.63. The van der Waals surface area contributed by atoms with Crippen LogP contribution in [0.15, 0.2) is 23.4 Å². The third kappa shape index (κ3) is 4.32. The van der Waals surface area contributed by atoms with Crippen LogP contribution in [0.4, 0.5) is 0 Å². The van der Waals surface area contributed by atoms with E-state index < -0.39 is 0 Å². The van der Waals surface area contributed by atoms with Gasteiger partial charge in [-0.25, -0.2) is 0 Å². The lowest BCUT2D eigenvalue weighted by atomic mass is 10.1. The zero-order valence-electron chi connectivity index (χ0n) is 17.2. The molecule has 29 heavy (non-hydrogen) atoms. The second kappa shape index (κ2) is 8.18. The molecule has 0 radical (unpaired) electrons. The number of rotatable bonds is 5. The predicted octanol–water partition coefficient (Wildman–Crippen LogP) is 2.37. The van der Waals surface area contributed by atoms with Crippen LogP contribution in [0, 0.1) is 26.7 Å². The monoisotopic (exact) mass is 413 g/mol. The van der Waals surface area contributed by atoms with Crippen molar-refractivity contribution in [1.29, 1.82) is 0 Å². The van der Waals surface area contributed by atoms with Crippen molar-refractivity contribution in [1.82, 2.24) is 24.6 Å². The number of aromatic nitrogens is 3. The number of carbonyl (C=O) groups excluding carboxylic acids is 2. The third-order valence-electron chi connectivity index (χ3n) is 5.60. The highest BCUT2D eigenvalue weighted by atomic mass is 32.2. The van der Waals surface area contributed by atoms with Gasteiger partial charge in [-0.15, -0.1) is 10.2 Å². The van der Waals surface area contributed by atoms with Gasteiger partial charge in [-0.1, -0.05) is 23.9 Å². The molecular weight excluding hydrogens is 386 g/mol. The molecule has 2 amide bonds.